The fourth-order valence-corrected chi connectivity index (χ4v) is 2.66. The number of aromatic nitrogens is 1. The van der Waals surface area contributed by atoms with Gasteiger partial charge in [0.25, 0.3) is 0 Å². The van der Waals surface area contributed by atoms with E-state index in [0.29, 0.717) is 0 Å². The average Bonchev–Trinajstić information content (AvgIpc) is 2.95. The molecule has 120 valence electrons. The van der Waals surface area contributed by atoms with Crippen molar-refractivity contribution in [2.75, 3.05) is 9.62 Å². The molecule has 0 spiro atoms. The smallest absolute Gasteiger partial charge is 0.367 e. The van der Waals surface area contributed by atoms with E-state index in [1.807, 2.05) is 59.4 Å². The molecule has 0 aliphatic carbocycles. The molecule has 24 heavy (non-hydrogen) atoms. The Hall–Kier alpha value is -2.24. The Kier molecular flexibility index (Phi) is 4.65. The van der Waals surface area contributed by atoms with Crippen LogP contribution in [-0.4, -0.2) is 12.5 Å². The van der Waals surface area contributed by atoms with E-state index in [4.69, 9.17) is 0 Å². The van der Waals surface area contributed by atoms with Crippen LogP contribution < -0.4 is 9.62 Å². The summed E-state index contributed by atoms with van der Waals surface area (Å²) in [5.41, 5.74) is 2.64. The SMILES string of the molecule is Fc1cnc(N2[B]N(c3ccccc3)c3ccccc32)c(F)c1.[Ir]. The number of hydrogen-bond donors (Lipinski definition) is 0. The van der Waals surface area contributed by atoms with E-state index in [2.05, 4.69) is 4.98 Å². The molecule has 3 aromatic rings. The number of pyridine rings is 1. The minimum Gasteiger partial charge on any atom is -0.367 e. The second kappa shape index (κ2) is 6.71. The first kappa shape index (κ1) is 16.6. The molecule has 0 atom stereocenters. The second-order valence-corrected chi connectivity index (χ2v) is 5.14. The predicted octanol–water partition coefficient (Wildman–Crippen LogP) is 4.18. The molecule has 2 radical (unpaired) electrons. The number of halogens is 2. The zero-order chi connectivity index (χ0) is 15.8. The minimum absolute atomic E-state index is 0. The molecule has 0 unspecified atom stereocenters. The van der Waals surface area contributed by atoms with Gasteiger partial charge in [0, 0.05) is 31.9 Å². The third kappa shape index (κ3) is 2.81. The van der Waals surface area contributed by atoms with Gasteiger partial charge in [0.15, 0.2) is 11.6 Å². The van der Waals surface area contributed by atoms with Crippen molar-refractivity contribution in [3.8, 4) is 0 Å². The Morgan fingerprint density at radius 1 is 0.833 bits per heavy atom. The van der Waals surface area contributed by atoms with Crippen LogP contribution in [0.2, 0.25) is 0 Å². The summed E-state index contributed by atoms with van der Waals surface area (Å²) in [6, 6.07) is 18.2. The first-order valence-corrected chi connectivity index (χ1v) is 7.12. The maximum atomic E-state index is 14.1. The summed E-state index contributed by atoms with van der Waals surface area (Å²) in [7, 11) is 1.75. The van der Waals surface area contributed by atoms with Crippen molar-refractivity contribution in [3.05, 3.63) is 78.5 Å². The van der Waals surface area contributed by atoms with E-state index >= 15 is 0 Å². The molecule has 1 aliphatic rings. The van der Waals surface area contributed by atoms with E-state index in [-0.39, 0.29) is 25.9 Å². The van der Waals surface area contributed by atoms with Crippen LogP contribution in [-0.2, 0) is 20.1 Å². The van der Waals surface area contributed by atoms with Crippen LogP contribution >= 0.6 is 0 Å². The molecule has 0 saturated carbocycles. The normalized spacial score (nSPS) is 12.4. The maximum Gasteiger partial charge on any atom is 0.402 e. The van der Waals surface area contributed by atoms with Crippen molar-refractivity contribution < 1.29 is 28.9 Å². The Labute approximate surface area is 152 Å². The third-order valence-corrected chi connectivity index (χ3v) is 3.68. The number of hydrogen-bond acceptors (Lipinski definition) is 3. The fourth-order valence-electron chi connectivity index (χ4n) is 2.66. The van der Waals surface area contributed by atoms with E-state index in [9.17, 15) is 8.78 Å². The van der Waals surface area contributed by atoms with Gasteiger partial charge in [-0.25, -0.2) is 13.8 Å². The number of fused-ring (bicyclic) bond motifs is 1. The predicted molar refractivity (Wildman–Crippen MR) is 87.1 cm³/mol. The molecule has 0 saturated heterocycles. The topological polar surface area (TPSA) is 19.4 Å². The number of benzene rings is 2. The van der Waals surface area contributed by atoms with Gasteiger partial charge in [-0.1, -0.05) is 30.3 Å². The van der Waals surface area contributed by atoms with Crippen LogP contribution in [0.5, 0.6) is 0 Å². The summed E-state index contributed by atoms with van der Waals surface area (Å²) in [5.74, 6) is -1.33. The van der Waals surface area contributed by atoms with Gasteiger partial charge in [0.05, 0.1) is 17.6 Å². The zero-order valence-electron chi connectivity index (χ0n) is 12.4. The largest absolute Gasteiger partial charge is 0.402 e. The molecule has 1 aliphatic heterocycles. The Morgan fingerprint density at radius 3 is 2.12 bits per heavy atom. The summed E-state index contributed by atoms with van der Waals surface area (Å²) in [5, 5.41) is 0. The molecule has 2 aromatic carbocycles. The summed E-state index contributed by atoms with van der Waals surface area (Å²) < 4.78 is 27.3. The number of nitrogens with zero attached hydrogens (tertiary/aromatic N) is 3. The van der Waals surface area contributed by atoms with Gasteiger partial charge in [0.1, 0.15) is 5.82 Å². The Balaban J connectivity index is 0.00000169. The standard InChI is InChI=1S/C17H11BF2N3.Ir/c19-12-10-14(20)17(21-11-12)23-16-9-5-4-8-15(16)22(18-23)13-6-2-1-3-7-13;/h1-11H;. The van der Waals surface area contributed by atoms with Crippen LogP contribution in [0.3, 0.4) is 0 Å². The van der Waals surface area contributed by atoms with E-state index in [0.717, 1.165) is 29.3 Å². The van der Waals surface area contributed by atoms with Gasteiger partial charge in [-0.2, -0.15) is 0 Å². The number of rotatable bonds is 2. The van der Waals surface area contributed by atoms with Crippen molar-refractivity contribution in [1.82, 2.24) is 4.98 Å². The molecule has 4 rings (SSSR count). The monoisotopic (exact) mass is 499 g/mol. The molecular formula is C17H11BF2IrN3. The Bertz CT molecular complexity index is 863. The van der Waals surface area contributed by atoms with Crippen molar-refractivity contribution >= 4 is 30.4 Å². The first-order valence-electron chi connectivity index (χ1n) is 7.12. The minimum atomic E-state index is -0.703. The molecule has 2 heterocycles. The fraction of sp³-hybridized carbons (Fsp3) is 0. The van der Waals surface area contributed by atoms with Gasteiger partial charge in [-0.3, -0.25) is 0 Å². The van der Waals surface area contributed by atoms with Crippen LogP contribution in [0.15, 0.2) is 66.9 Å². The van der Waals surface area contributed by atoms with Crippen LogP contribution in [0.4, 0.5) is 31.7 Å². The molecule has 3 nitrogen and oxygen atoms in total. The van der Waals surface area contributed by atoms with Crippen molar-refractivity contribution in [2.45, 2.75) is 0 Å². The Morgan fingerprint density at radius 2 is 1.46 bits per heavy atom. The maximum absolute atomic E-state index is 14.1. The van der Waals surface area contributed by atoms with E-state index in [1.54, 1.807) is 12.4 Å². The molecule has 7 heteroatoms. The number of para-hydroxylation sites is 3. The summed E-state index contributed by atoms with van der Waals surface area (Å²) in [4.78, 5) is 7.47. The summed E-state index contributed by atoms with van der Waals surface area (Å²) in [6.07, 6.45) is 1.01. The van der Waals surface area contributed by atoms with Crippen molar-refractivity contribution in [1.29, 1.82) is 0 Å². The molecule has 0 bridgehead atoms. The second-order valence-electron chi connectivity index (χ2n) is 5.14. The average molecular weight is 498 g/mol. The van der Waals surface area contributed by atoms with Crippen LogP contribution in [0.1, 0.15) is 0 Å². The summed E-state index contributed by atoms with van der Waals surface area (Å²) >= 11 is 0. The van der Waals surface area contributed by atoms with Gasteiger partial charge in [-0.15, -0.1) is 0 Å². The van der Waals surface area contributed by atoms with Crippen LogP contribution in [0, 0.1) is 11.6 Å². The van der Waals surface area contributed by atoms with Gasteiger partial charge < -0.3 is 9.62 Å². The number of anilines is 4. The van der Waals surface area contributed by atoms with Crippen LogP contribution in [0.25, 0.3) is 0 Å². The molecule has 0 N–H and O–H groups in total. The van der Waals surface area contributed by atoms with E-state index < -0.39 is 11.6 Å². The summed E-state index contributed by atoms with van der Waals surface area (Å²) in [6.45, 7) is 0. The molecule has 1 aromatic heterocycles. The zero-order valence-corrected chi connectivity index (χ0v) is 14.8. The molecule has 0 fully saturated rings. The molecular weight excluding hydrogens is 487 g/mol. The van der Waals surface area contributed by atoms with E-state index in [1.165, 1.54) is 0 Å². The van der Waals surface area contributed by atoms with Gasteiger partial charge in [-0.05, 0) is 24.3 Å². The van der Waals surface area contributed by atoms with Crippen molar-refractivity contribution in [3.63, 3.8) is 0 Å². The quantitative estimate of drug-likeness (QED) is 0.495. The third-order valence-electron chi connectivity index (χ3n) is 3.68. The van der Waals surface area contributed by atoms with Gasteiger partial charge >= 0.3 is 7.55 Å². The molecule has 0 amide bonds. The van der Waals surface area contributed by atoms with Gasteiger partial charge in [0.2, 0.25) is 0 Å². The first-order chi connectivity index (χ1) is 11.2. The van der Waals surface area contributed by atoms with Crippen molar-refractivity contribution in [2.24, 2.45) is 0 Å².